The molecule has 8 nitrogen and oxygen atoms in total. The van der Waals surface area contributed by atoms with Gasteiger partial charge in [0.15, 0.2) is 12.8 Å². The molecule has 0 bridgehead atoms. The Morgan fingerprint density at radius 3 is 2.67 bits per heavy atom. The van der Waals surface area contributed by atoms with Crippen LogP contribution in [0.4, 0.5) is 5.69 Å². The summed E-state index contributed by atoms with van der Waals surface area (Å²) in [6.07, 6.45) is 1.15. The first kappa shape index (κ1) is 16.9. The Morgan fingerprint density at radius 2 is 1.96 bits per heavy atom. The van der Waals surface area contributed by atoms with Crippen LogP contribution >= 0.6 is 0 Å². The maximum absolute atomic E-state index is 11.8. The van der Waals surface area contributed by atoms with Crippen molar-refractivity contribution in [1.29, 1.82) is 0 Å². The number of hydrogen-bond acceptors (Lipinski definition) is 5. The molecule has 0 aliphatic heterocycles. The zero-order valence-electron chi connectivity index (χ0n) is 12.8. The van der Waals surface area contributed by atoms with Gasteiger partial charge in [-0.2, -0.15) is 4.73 Å². The lowest BCUT2D eigenvalue weighted by Crippen LogP contribution is -2.35. The average Bonchev–Trinajstić information content (AvgIpc) is 2.59. The Hall–Kier alpha value is -3.42. The molecule has 2 amide bonds. The van der Waals surface area contributed by atoms with Gasteiger partial charge in [0.2, 0.25) is 0 Å². The number of ether oxygens (including phenoxy) is 1. The van der Waals surface area contributed by atoms with E-state index in [4.69, 9.17) is 4.74 Å². The molecule has 0 fully saturated rings. The molecule has 0 spiro atoms. The second-order valence-corrected chi connectivity index (χ2v) is 4.70. The molecular weight excluding hydrogens is 314 g/mol. The van der Waals surface area contributed by atoms with E-state index in [0.29, 0.717) is 16.0 Å². The van der Waals surface area contributed by atoms with Crippen LogP contribution in [0.25, 0.3) is 0 Å². The fourth-order valence-corrected chi connectivity index (χ4v) is 1.87. The quantitative estimate of drug-likeness (QED) is 0.471. The lowest BCUT2D eigenvalue weighted by Gasteiger charge is -2.08. The zero-order chi connectivity index (χ0) is 17.5. The summed E-state index contributed by atoms with van der Waals surface area (Å²) in [5.74, 6) is -1.78. The molecule has 0 unspecified atom stereocenters. The smallest absolute Gasteiger partial charge is 0.405 e. The molecule has 0 saturated carbocycles. The number of carbonyl (C=O) groups is 3. The Labute approximate surface area is 137 Å². The molecule has 2 aromatic rings. The summed E-state index contributed by atoms with van der Waals surface area (Å²) in [4.78, 5) is 35.1. The van der Waals surface area contributed by atoms with E-state index >= 15 is 0 Å². The largest absolute Gasteiger partial charge is 0.618 e. The van der Waals surface area contributed by atoms with Gasteiger partial charge in [-0.1, -0.05) is 6.07 Å². The number of carbonyl (C=O) groups excluding carboxylic acids is 3. The third-order valence-corrected chi connectivity index (χ3v) is 3.00. The number of nitrogens with zero attached hydrogens (tertiary/aromatic N) is 1. The van der Waals surface area contributed by atoms with Crippen LogP contribution in [0.1, 0.15) is 20.8 Å². The van der Waals surface area contributed by atoms with Crippen LogP contribution in [0.15, 0.2) is 48.7 Å². The third kappa shape index (κ3) is 4.29. The minimum absolute atomic E-state index is 0.216. The summed E-state index contributed by atoms with van der Waals surface area (Å²) in [6.45, 7) is -0.558. The van der Waals surface area contributed by atoms with Crippen molar-refractivity contribution < 1.29 is 23.9 Å². The van der Waals surface area contributed by atoms with Gasteiger partial charge in [0.05, 0.1) is 0 Å². The van der Waals surface area contributed by atoms with Crippen LogP contribution in [-0.4, -0.2) is 31.4 Å². The fraction of sp³-hybridized carbons (Fsp3) is 0.125. The molecule has 1 aromatic carbocycles. The normalized spacial score (nSPS) is 9.88. The van der Waals surface area contributed by atoms with Crippen molar-refractivity contribution in [3.63, 3.8) is 0 Å². The third-order valence-electron chi connectivity index (χ3n) is 3.00. The molecule has 0 aliphatic rings. The van der Waals surface area contributed by atoms with E-state index in [1.54, 1.807) is 18.2 Å². The summed E-state index contributed by atoms with van der Waals surface area (Å²) in [5, 5.41) is 16.4. The summed E-state index contributed by atoms with van der Waals surface area (Å²) < 4.78 is 5.14. The monoisotopic (exact) mass is 329 g/mol. The van der Waals surface area contributed by atoms with Gasteiger partial charge >= 0.3 is 11.7 Å². The first-order valence-corrected chi connectivity index (χ1v) is 6.98. The Kier molecular flexibility index (Phi) is 5.45. The molecule has 1 heterocycles. The highest BCUT2D eigenvalue weighted by Gasteiger charge is 2.18. The number of benzene rings is 1. The second-order valence-electron chi connectivity index (χ2n) is 4.70. The van der Waals surface area contributed by atoms with Gasteiger partial charge in [0.25, 0.3) is 11.8 Å². The first-order valence-electron chi connectivity index (χ1n) is 6.98. The van der Waals surface area contributed by atoms with Gasteiger partial charge < -0.3 is 20.6 Å². The highest BCUT2D eigenvalue weighted by molar-refractivity contribution is 5.98. The molecule has 0 atom stereocenters. The summed E-state index contributed by atoms with van der Waals surface area (Å²) in [7, 11) is 1.50. The molecule has 0 radical (unpaired) electrons. The van der Waals surface area contributed by atoms with E-state index in [-0.39, 0.29) is 11.6 Å². The van der Waals surface area contributed by atoms with Crippen LogP contribution in [0, 0.1) is 5.21 Å². The van der Waals surface area contributed by atoms with Gasteiger partial charge in [-0.05, 0) is 24.3 Å². The number of rotatable bonds is 5. The van der Waals surface area contributed by atoms with E-state index in [2.05, 4.69) is 10.6 Å². The number of esters is 1. The van der Waals surface area contributed by atoms with E-state index in [9.17, 15) is 19.6 Å². The summed E-state index contributed by atoms with van der Waals surface area (Å²) >= 11 is 0. The summed E-state index contributed by atoms with van der Waals surface area (Å²) in [6, 6.07) is 10.6. The van der Waals surface area contributed by atoms with Crippen molar-refractivity contribution in [2.45, 2.75) is 0 Å². The van der Waals surface area contributed by atoms with Crippen molar-refractivity contribution in [2.75, 3.05) is 19.0 Å². The molecule has 2 N–H and O–H groups in total. The lowest BCUT2D eigenvalue weighted by atomic mass is 10.2. The van der Waals surface area contributed by atoms with Crippen molar-refractivity contribution >= 4 is 23.5 Å². The number of aromatic nitrogens is 1. The topological polar surface area (TPSA) is 111 Å². The highest BCUT2D eigenvalue weighted by Crippen LogP contribution is 2.10. The van der Waals surface area contributed by atoms with E-state index in [1.807, 2.05) is 0 Å². The molecule has 0 aliphatic carbocycles. The molecule has 24 heavy (non-hydrogen) atoms. The van der Waals surface area contributed by atoms with Gasteiger partial charge in [-0.15, -0.1) is 0 Å². The lowest BCUT2D eigenvalue weighted by molar-refractivity contribution is -0.608. The molecule has 8 heteroatoms. The van der Waals surface area contributed by atoms with E-state index in [0.717, 1.165) is 6.20 Å². The van der Waals surface area contributed by atoms with E-state index < -0.39 is 18.5 Å². The average molecular weight is 329 g/mol. The predicted octanol–water partition coefficient (Wildman–Crippen LogP) is 0.475. The first-order chi connectivity index (χ1) is 11.5. The Morgan fingerprint density at radius 1 is 1.17 bits per heavy atom. The molecular formula is C16H15N3O5. The number of anilines is 1. The molecule has 0 saturated heterocycles. The standard InChI is InChI=1S/C16H15N3O5/c1-17-15(21)11-5-4-6-12(9-11)18-14(20)10-24-16(22)13-7-2-3-8-19(13)23/h2-9H,10H2,1H3,(H,17,21)(H,18,20). The number of hydrogen-bond donors (Lipinski definition) is 2. The van der Waals surface area contributed by atoms with E-state index in [1.165, 1.54) is 31.3 Å². The van der Waals surface area contributed by atoms with Crippen LogP contribution in [0.2, 0.25) is 0 Å². The maximum Gasteiger partial charge on any atom is 0.405 e. The number of nitrogens with one attached hydrogen (secondary N) is 2. The fourth-order valence-electron chi connectivity index (χ4n) is 1.87. The van der Waals surface area contributed by atoms with Crippen molar-refractivity contribution in [3.05, 3.63) is 65.1 Å². The molecule has 2 rings (SSSR count). The van der Waals surface area contributed by atoms with Gasteiger partial charge in [-0.3, -0.25) is 9.59 Å². The number of pyridine rings is 1. The van der Waals surface area contributed by atoms with Crippen molar-refractivity contribution in [2.24, 2.45) is 0 Å². The maximum atomic E-state index is 11.8. The molecule has 124 valence electrons. The van der Waals surface area contributed by atoms with Gasteiger partial charge in [-0.25, -0.2) is 4.79 Å². The highest BCUT2D eigenvalue weighted by atomic mass is 16.5. The van der Waals surface area contributed by atoms with Crippen molar-refractivity contribution in [3.8, 4) is 0 Å². The minimum Gasteiger partial charge on any atom is -0.618 e. The Bertz CT molecular complexity index is 776. The van der Waals surface area contributed by atoms with Gasteiger partial charge in [0.1, 0.15) is 0 Å². The van der Waals surface area contributed by atoms with Crippen molar-refractivity contribution in [1.82, 2.24) is 5.32 Å². The number of amides is 2. The van der Waals surface area contributed by atoms with Crippen LogP contribution in [-0.2, 0) is 9.53 Å². The van der Waals surface area contributed by atoms with Crippen LogP contribution < -0.4 is 15.4 Å². The minimum atomic E-state index is -0.903. The van der Waals surface area contributed by atoms with Gasteiger partial charge in [0, 0.05) is 30.4 Å². The second kappa shape index (κ2) is 7.73. The SMILES string of the molecule is CNC(=O)c1cccc(NC(=O)COC(=O)c2cccc[n+]2[O-])c1. The summed E-state index contributed by atoms with van der Waals surface area (Å²) in [5.41, 5.74) is 0.548. The zero-order valence-corrected chi connectivity index (χ0v) is 12.8. The van der Waals surface area contributed by atoms with Crippen LogP contribution in [0.5, 0.6) is 0 Å². The van der Waals surface area contributed by atoms with Crippen LogP contribution in [0.3, 0.4) is 0 Å². The predicted molar refractivity (Wildman–Crippen MR) is 84.1 cm³/mol. The molecule has 1 aromatic heterocycles. The Balaban J connectivity index is 1.93.